The van der Waals surface area contributed by atoms with Crippen molar-refractivity contribution in [1.29, 1.82) is 0 Å². The van der Waals surface area contributed by atoms with Crippen LogP contribution in [-0.4, -0.2) is 10.8 Å². The number of fused-ring (bicyclic) bond motifs is 1. The molecule has 0 unspecified atom stereocenters. The van der Waals surface area contributed by atoms with Gasteiger partial charge in [-0.1, -0.05) is 29.8 Å². The number of benzene rings is 1. The maximum absolute atomic E-state index is 12.1. The second-order valence-electron chi connectivity index (χ2n) is 5.20. The summed E-state index contributed by atoms with van der Waals surface area (Å²) in [5.74, 6) is -0.0153. The molecule has 3 rings (SSSR count). The van der Waals surface area contributed by atoms with Crippen LogP contribution in [0, 0.1) is 13.8 Å². The van der Waals surface area contributed by atoms with E-state index in [4.69, 9.17) is 11.6 Å². The Morgan fingerprint density at radius 2 is 2.09 bits per heavy atom. The molecule has 0 aliphatic heterocycles. The van der Waals surface area contributed by atoms with E-state index in [0.717, 1.165) is 32.5 Å². The summed E-state index contributed by atoms with van der Waals surface area (Å²) in [6.07, 6.45) is 3.28. The fourth-order valence-corrected chi connectivity index (χ4v) is 3.29. The molecule has 0 spiro atoms. The molecule has 0 bridgehead atoms. The smallest absolute Gasteiger partial charge is 0.195 e. The molecule has 0 saturated carbocycles. The van der Waals surface area contributed by atoms with E-state index in [9.17, 15) is 4.79 Å². The molecule has 0 radical (unpaired) electrons. The average Bonchev–Trinajstić information content (AvgIpc) is 2.92. The van der Waals surface area contributed by atoms with Gasteiger partial charge in [0, 0.05) is 10.9 Å². The molecule has 0 aliphatic carbocycles. The van der Waals surface area contributed by atoms with Gasteiger partial charge in [0.1, 0.15) is 5.15 Å². The zero-order chi connectivity index (χ0) is 15.7. The number of aryl methyl sites for hydroxylation is 2. The molecule has 2 heterocycles. The number of pyridine rings is 1. The molecular formula is C18H14ClNOS. The number of allylic oxidation sites excluding steroid dienone is 1. The number of carbonyl (C=O) groups excluding carboxylic acids is 1. The Bertz CT molecular complexity index is 895. The molecule has 0 atom stereocenters. The van der Waals surface area contributed by atoms with Crippen molar-refractivity contribution in [3.63, 3.8) is 0 Å². The Kier molecular flexibility index (Phi) is 4.10. The van der Waals surface area contributed by atoms with Crippen LogP contribution in [0.4, 0.5) is 0 Å². The van der Waals surface area contributed by atoms with E-state index in [0.29, 0.717) is 5.15 Å². The summed E-state index contributed by atoms with van der Waals surface area (Å²) >= 11 is 7.69. The number of aromatic nitrogens is 1. The van der Waals surface area contributed by atoms with Gasteiger partial charge < -0.3 is 0 Å². The third kappa shape index (κ3) is 2.96. The zero-order valence-electron chi connectivity index (χ0n) is 12.3. The first-order valence-corrected chi connectivity index (χ1v) is 8.14. The van der Waals surface area contributed by atoms with Crippen molar-refractivity contribution in [1.82, 2.24) is 4.98 Å². The van der Waals surface area contributed by atoms with Crippen molar-refractivity contribution < 1.29 is 4.79 Å². The number of rotatable bonds is 3. The molecule has 4 heteroatoms. The van der Waals surface area contributed by atoms with Crippen molar-refractivity contribution in [3.8, 4) is 0 Å². The number of nitrogens with zero attached hydrogens (tertiary/aromatic N) is 1. The minimum atomic E-state index is -0.0153. The second-order valence-corrected chi connectivity index (χ2v) is 6.47. The largest absolute Gasteiger partial charge is 0.288 e. The van der Waals surface area contributed by atoms with Crippen LogP contribution in [0.2, 0.25) is 5.15 Å². The number of thiophene rings is 1. The molecule has 0 aliphatic rings. The first-order chi connectivity index (χ1) is 10.5. The molecule has 22 heavy (non-hydrogen) atoms. The maximum Gasteiger partial charge on any atom is 0.195 e. The van der Waals surface area contributed by atoms with Gasteiger partial charge in [-0.15, -0.1) is 11.3 Å². The summed E-state index contributed by atoms with van der Waals surface area (Å²) in [7, 11) is 0. The van der Waals surface area contributed by atoms with E-state index >= 15 is 0 Å². The molecule has 0 amide bonds. The van der Waals surface area contributed by atoms with Gasteiger partial charge in [0.05, 0.1) is 10.4 Å². The second kappa shape index (κ2) is 6.03. The molecule has 0 saturated heterocycles. The van der Waals surface area contributed by atoms with E-state index in [1.165, 1.54) is 11.3 Å². The SMILES string of the molecule is Cc1csc(C(=O)/C=C/c2cc3cccc(C)c3nc2Cl)c1. The Hall–Kier alpha value is -1.97. The van der Waals surface area contributed by atoms with Gasteiger partial charge in [-0.2, -0.15) is 0 Å². The lowest BCUT2D eigenvalue weighted by molar-refractivity contribution is 0.105. The quantitative estimate of drug-likeness (QED) is 0.363. The topological polar surface area (TPSA) is 30.0 Å². The Morgan fingerprint density at radius 3 is 2.82 bits per heavy atom. The molecule has 0 N–H and O–H groups in total. The highest BCUT2D eigenvalue weighted by Crippen LogP contribution is 2.24. The molecule has 1 aromatic carbocycles. The summed E-state index contributed by atoms with van der Waals surface area (Å²) in [5.41, 5.74) is 3.83. The first kappa shape index (κ1) is 14.9. The number of hydrogen-bond acceptors (Lipinski definition) is 3. The van der Waals surface area contributed by atoms with Gasteiger partial charge in [-0.05, 0) is 54.6 Å². The summed E-state index contributed by atoms with van der Waals surface area (Å²) < 4.78 is 0. The minimum absolute atomic E-state index is 0.0153. The summed E-state index contributed by atoms with van der Waals surface area (Å²) in [6, 6.07) is 9.83. The molecule has 2 nitrogen and oxygen atoms in total. The Labute approximate surface area is 138 Å². The van der Waals surface area contributed by atoms with Gasteiger partial charge in [0.15, 0.2) is 5.78 Å². The number of hydrogen-bond donors (Lipinski definition) is 0. The lowest BCUT2D eigenvalue weighted by Crippen LogP contribution is -1.91. The zero-order valence-corrected chi connectivity index (χ0v) is 13.8. The third-order valence-electron chi connectivity index (χ3n) is 3.42. The van der Waals surface area contributed by atoms with E-state index < -0.39 is 0 Å². The molecular weight excluding hydrogens is 314 g/mol. The number of para-hydroxylation sites is 1. The fraction of sp³-hybridized carbons (Fsp3) is 0.111. The van der Waals surface area contributed by atoms with Crippen LogP contribution in [0.25, 0.3) is 17.0 Å². The van der Waals surface area contributed by atoms with Crippen molar-refractivity contribution in [3.05, 3.63) is 68.5 Å². The fourth-order valence-electron chi connectivity index (χ4n) is 2.27. The van der Waals surface area contributed by atoms with Crippen molar-refractivity contribution in [2.45, 2.75) is 13.8 Å². The summed E-state index contributed by atoms with van der Waals surface area (Å²) in [4.78, 5) is 17.3. The molecule has 0 fully saturated rings. The van der Waals surface area contributed by atoms with Crippen LogP contribution in [0.5, 0.6) is 0 Å². The monoisotopic (exact) mass is 327 g/mol. The normalized spacial score (nSPS) is 11.4. The van der Waals surface area contributed by atoms with Crippen molar-refractivity contribution in [2.24, 2.45) is 0 Å². The lowest BCUT2D eigenvalue weighted by Gasteiger charge is -2.04. The predicted molar refractivity (Wildman–Crippen MR) is 93.9 cm³/mol. The van der Waals surface area contributed by atoms with Crippen LogP contribution < -0.4 is 0 Å². The minimum Gasteiger partial charge on any atom is -0.288 e. The average molecular weight is 328 g/mol. The highest BCUT2D eigenvalue weighted by atomic mass is 35.5. The van der Waals surface area contributed by atoms with Gasteiger partial charge in [0.2, 0.25) is 0 Å². The van der Waals surface area contributed by atoms with Crippen LogP contribution in [0.1, 0.15) is 26.4 Å². The number of halogens is 1. The van der Waals surface area contributed by atoms with Gasteiger partial charge >= 0.3 is 0 Å². The van der Waals surface area contributed by atoms with Gasteiger partial charge in [0.25, 0.3) is 0 Å². The van der Waals surface area contributed by atoms with Crippen molar-refractivity contribution >= 4 is 45.7 Å². The number of ketones is 1. The predicted octanol–water partition coefficient (Wildman–Crippen LogP) is 5.46. The van der Waals surface area contributed by atoms with Gasteiger partial charge in [-0.25, -0.2) is 4.98 Å². The van der Waals surface area contributed by atoms with Crippen LogP contribution in [0.3, 0.4) is 0 Å². The van der Waals surface area contributed by atoms with Crippen LogP contribution in [0.15, 0.2) is 41.8 Å². The first-order valence-electron chi connectivity index (χ1n) is 6.88. The molecule has 3 aromatic rings. The highest BCUT2D eigenvalue weighted by molar-refractivity contribution is 7.12. The molecule has 2 aromatic heterocycles. The lowest BCUT2D eigenvalue weighted by atomic mass is 10.1. The van der Waals surface area contributed by atoms with Crippen LogP contribution >= 0.6 is 22.9 Å². The maximum atomic E-state index is 12.1. The van der Waals surface area contributed by atoms with E-state index in [1.807, 2.05) is 49.6 Å². The highest BCUT2D eigenvalue weighted by Gasteiger charge is 2.07. The van der Waals surface area contributed by atoms with Gasteiger partial charge in [-0.3, -0.25) is 4.79 Å². The van der Waals surface area contributed by atoms with Crippen molar-refractivity contribution in [2.75, 3.05) is 0 Å². The van der Waals surface area contributed by atoms with E-state index in [2.05, 4.69) is 4.98 Å². The van der Waals surface area contributed by atoms with E-state index in [1.54, 1.807) is 12.2 Å². The molecule has 110 valence electrons. The third-order valence-corrected chi connectivity index (χ3v) is 4.78. The van der Waals surface area contributed by atoms with E-state index in [-0.39, 0.29) is 5.78 Å². The Morgan fingerprint density at radius 1 is 1.27 bits per heavy atom. The van der Waals surface area contributed by atoms with Crippen LogP contribution in [-0.2, 0) is 0 Å². The summed E-state index contributed by atoms with van der Waals surface area (Å²) in [6.45, 7) is 3.98. The standard InChI is InChI=1S/C18H14ClNOS/c1-11-8-16(22-10-11)15(21)7-6-14-9-13-5-3-4-12(2)17(13)20-18(14)19/h3-10H,1-2H3/b7-6+. The number of carbonyl (C=O) groups is 1. The Balaban J connectivity index is 1.95. The summed E-state index contributed by atoms with van der Waals surface area (Å²) in [5, 5.41) is 3.39.